The van der Waals surface area contributed by atoms with Gasteiger partial charge in [-0.05, 0) is 49.9 Å². The van der Waals surface area contributed by atoms with Crippen molar-refractivity contribution in [1.82, 2.24) is 20.4 Å². The first-order valence-corrected chi connectivity index (χ1v) is 13.8. The molecule has 0 radical (unpaired) electrons. The van der Waals surface area contributed by atoms with Gasteiger partial charge in [-0.3, -0.25) is 38.6 Å². The molecule has 0 aromatic heterocycles. The number of amides is 6. The van der Waals surface area contributed by atoms with Crippen LogP contribution in [0.4, 0.5) is 0 Å². The number of carbonyl (C=O) groups is 6. The summed E-state index contributed by atoms with van der Waals surface area (Å²) in [6, 6.07) is 11.4. The SMILES string of the molecule is CCC(C(=O)NCCCCCCNC(=O)C(CC)N1C(=O)c2ccccc2C1=O)N1C(=O)c2ccccc2C1=O. The number of benzene rings is 2. The van der Waals surface area contributed by atoms with Crippen molar-refractivity contribution in [2.24, 2.45) is 0 Å². The minimum absolute atomic E-state index is 0.316. The van der Waals surface area contributed by atoms with Gasteiger partial charge < -0.3 is 10.6 Å². The van der Waals surface area contributed by atoms with Crippen LogP contribution >= 0.6 is 0 Å². The van der Waals surface area contributed by atoms with Crippen LogP contribution < -0.4 is 10.6 Å². The lowest BCUT2D eigenvalue weighted by Gasteiger charge is -2.24. The van der Waals surface area contributed by atoms with Gasteiger partial charge in [0.1, 0.15) is 12.1 Å². The Morgan fingerprint density at radius 3 is 1.15 bits per heavy atom. The number of hydrogen-bond acceptors (Lipinski definition) is 6. The molecule has 210 valence electrons. The molecule has 0 saturated heterocycles. The Hall–Kier alpha value is -4.34. The van der Waals surface area contributed by atoms with Gasteiger partial charge in [-0.1, -0.05) is 51.0 Å². The third-order valence-electron chi connectivity index (χ3n) is 7.36. The number of nitrogens with zero attached hydrogens (tertiary/aromatic N) is 2. The maximum Gasteiger partial charge on any atom is 0.262 e. The molecule has 6 amide bonds. The average Bonchev–Trinajstić information content (AvgIpc) is 3.36. The molecule has 0 spiro atoms. The van der Waals surface area contributed by atoms with Crippen LogP contribution in [0, 0.1) is 0 Å². The predicted molar refractivity (Wildman–Crippen MR) is 147 cm³/mol. The standard InChI is InChI=1S/C30H34N4O6/c1-3-23(33-27(37)19-13-7-8-14-20(19)28(33)38)25(35)31-17-11-5-6-12-18-32-26(36)24(4-2)34-29(39)21-15-9-10-16-22(21)30(34)40/h7-10,13-16,23-24H,3-6,11-12,17-18H2,1-2H3,(H,31,35)(H,32,36). The third-order valence-corrected chi connectivity index (χ3v) is 7.36. The van der Waals surface area contributed by atoms with Crippen molar-refractivity contribution in [1.29, 1.82) is 0 Å². The molecule has 0 aliphatic carbocycles. The van der Waals surface area contributed by atoms with Crippen molar-refractivity contribution in [3.8, 4) is 0 Å². The molecule has 2 N–H and O–H groups in total. The first-order chi connectivity index (χ1) is 19.3. The Labute approximate surface area is 233 Å². The van der Waals surface area contributed by atoms with Gasteiger partial charge in [0.05, 0.1) is 22.3 Å². The summed E-state index contributed by atoms with van der Waals surface area (Å²) in [7, 11) is 0. The van der Waals surface area contributed by atoms with Crippen molar-refractivity contribution in [3.63, 3.8) is 0 Å². The van der Waals surface area contributed by atoms with E-state index in [-0.39, 0.29) is 11.8 Å². The molecule has 0 fully saturated rings. The van der Waals surface area contributed by atoms with E-state index in [1.807, 2.05) is 0 Å². The quantitative estimate of drug-likeness (QED) is 0.293. The second kappa shape index (κ2) is 12.7. The zero-order chi connectivity index (χ0) is 28.8. The van der Waals surface area contributed by atoms with E-state index in [4.69, 9.17) is 0 Å². The molecule has 40 heavy (non-hydrogen) atoms. The Kier molecular flexibility index (Phi) is 9.08. The molecule has 2 aromatic rings. The highest BCUT2D eigenvalue weighted by molar-refractivity contribution is 6.23. The second-order valence-corrected chi connectivity index (χ2v) is 9.90. The highest BCUT2D eigenvalue weighted by Crippen LogP contribution is 2.26. The van der Waals surface area contributed by atoms with Crippen LogP contribution in [0.1, 0.15) is 93.8 Å². The van der Waals surface area contributed by atoms with E-state index in [1.54, 1.807) is 62.4 Å². The lowest BCUT2D eigenvalue weighted by Crippen LogP contribution is -2.49. The molecular formula is C30H34N4O6. The molecule has 2 aliphatic heterocycles. The minimum Gasteiger partial charge on any atom is -0.354 e. The fourth-order valence-corrected chi connectivity index (χ4v) is 5.21. The van der Waals surface area contributed by atoms with Crippen LogP contribution in [-0.2, 0) is 9.59 Å². The molecule has 10 heteroatoms. The molecule has 2 unspecified atom stereocenters. The lowest BCUT2D eigenvalue weighted by molar-refractivity contribution is -0.125. The molecule has 0 bridgehead atoms. The molecule has 2 atom stereocenters. The fourth-order valence-electron chi connectivity index (χ4n) is 5.21. The Morgan fingerprint density at radius 2 is 0.875 bits per heavy atom. The van der Waals surface area contributed by atoms with Crippen molar-refractivity contribution in [2.75, 3.05) is 13.1 Å². The maximum atomic E-state index is 12.8. The molecular weight excluding hydrogens is 512 g/mol. The summed E-state index contributed by atoms with van der Waals surface area (Å²) in [4.78, 5) is 78.5. The van der Waals surface area contributed by atoms with Gasteiger partial charge in [0.15, 0.2) is 0 Å². The summed E-state index contributed by atoms with van der Waals surface area (Å²) in [5.41, 5.74) is 1.28. The van der Waals surface area contributed by atoms with Crippen LogP contribution in [0.2, 0.25) is 0 Å². The summed E-state index contributed by atoms with van der Waals surface area (Å²) in [6.45, 7) is 4.34. The topological polar surface area (TPSA) is 133 Å². The fraction of sp³-hybridized carbons (Fsp3) is 0.400. The van der Waals surface area contributed by atoms with E-state index in [1.165, 1.54) is 0 Å². The summed E-state index contributed by atoms with van der Waals surface area (Å²) < 4.78 is 0. The van der Waals surface area contributed by atoms with Gasteiger partial charge in [0.25, 0.3) is 23.6 Å². The summed E-state index contributed by atoms with van der Waals surface area (Å²) in [5.74, 6) is -2.50. The normalized spacial score (nSPS) is 15.7. The summed E-state index contributed by atoms with van der Waals surface area (Å²) in [6.07, 6.45) is 3.63. The number of rotatable bonds is 13. The van der Waals surface area contributed by atoms with E-state index in [9.17, 15) is 28.8 Å². The third kappa shape index (κ3) is 5.52. The van der Waals surface area contributed by atoms with E-state index in [0.717, 1.165) is 22.6 Å². The number of unbranched alkanes of at least 4 members (excludes halogenated alkanes) is 3. The second-order valence-electron chi connectivity index (χ2n) is 9.90. The van der Waals surface area contributed by atoms with Crippen LogP contribution in [0.25, 0.3) is 0 Å². The van der Waals surface area contributed by atoms with Gasteiger partial charge in [-0.15, -0.1) is 0 Å². The molecule has 2 aromatic carbocycles. The highest BCUT2D eigenvalue weighted by atomic mass is 16.2. The van der Waals surface area contributed by atoms with Crippen LogP contribution in [0.5, 0.6) is 0 Å². The van der Waals surface area contributed by atoms with Gasteiger partial charge in [0.2, 0.25) is 11.8 Å². The van der Waals surface area contributed by atoms with Crippen molar-refractivity contribution in [3.05, 3.63) is 70.8 Å². The van der Waals surface area contributed by atoms with E-state index in [0.29, 0.717) is 61.0 Å². The smallest absolute Gasteiger partial charge is 0.262 e. The zero-order valence-corrected chi connectivity index (χ0v) is 22.8. The summed E-state index contributed by atoms with van der Waals surface area (Å²) >= 11 is 0. The number of carbonyl (C=O) groups excluding carboxylic acids is 6. The number of imide groups is 2. The van der Waals surface area contributed by atoms with Gasteiger partial charge in [-0.25, -0.2) is 0 Å². The van der Waals surface area contributed by atoms with Crippen LogP contribution in [-0.4, -0.2) is 70.4 Å². The molecule has 2 heterocycles. The molecule has 4 rings (SSSR count). The van der Waals surface area contributed by atoms with Crippen molar-refractivity contribution < 1.29 is 28.8 Å². The molecule has 2 aliphatic rings. The van der Waals surface area contributed by atoms with E-state index in [2.05, 4.69) is 10.6 Å². The minimum atomic E-state index is -0.865. The number of hydrogen-bond donors (Lipinski definition) is 2. The highest BCUT2D eigenvalue weighted by Gasteiger charge is 2.42. The Morgan fingerprint density at radius 1 is 0.575 bits per heavy atom. The van der Waals surface area contributed by atoms with E-state index < -0.39 is 35.7 Å². The monoisotopic (exact) mass is 546 g/mol. The lowest BCUT2D eigenvalue weighted by atomic mass is 10.1. The number of nitrogens with one attached hydrogen (secondary N) is 2. The number of fused-ring (bicyclic) bond motifs is 2. The molecule has 0 saturated carbocycles. The largest absolute Gasteiger partial charge is 0.354 e. The van der Waals surface area contributed by atoms with Crippen molar-refractivity contribution in [2.45, 2.75) is 64.5 Å². The zero-order valence-electron chi connectivity index (χ0n) is 22.8. The van der Waals surface area contributed by atoms with Gasteiger partial charge in [0, 0.05) is 13.1 Å². The first kappa shape index (κ1) is 28.7. The maximum absolute atomic E-state index is 12.8. The van der Waals surface area contributed by atoms with Gasteiger partial charge >= 0.3 is 0 Å². The predicted octanol–water partition coefficient (Wildman–Crippen LogP) is 2.93. The Bertz CT molecular complexity index is 1170. The van der Waals surface area contributed by atoms with E-state index >= 15 is 0 Å². The van der Waals surface area contributed by atoms with Crippen LogP contribution in [0.15, 0.2) is 48.5 Å². The average molecular weight is 547 g/mol. The Balaban J connectivity index is 1.15. The van der Waals surface area contributed by atoms with Crippen LogP contribution in [0.3, 0.4) is 0 Å². The van der Waals surface area contributed by atoms with Gasteiger partial charge in [-0.2, -0.15) is 0 Å². The summed E-state index contributed by atoms with van der Waals surface area (Å²) in [5, 5.41) is 5.67. The van der Waals surface area contributed by atoms with Crippen molar-refractivity contribution >= 4 is 35.4 Å². The first-order valence-electron chi connectivity index (χ1n) is 13.8. The molecule has 10 nitrogen and oxygen atoms in total.